The summed E-state index contributed by atoms with van der Waals surface area (Å²) in [5.74, 6) is 1.72. The Morgan fingerprint density at radius 3 is 2.51 bits per heavy atom. The van der Waals surface area contributed by atoms with Crippen LogP contribution in [-0.4, -0.2) is 65.3 Å². The molecule has 3 aromatic rings. The molecule has 39 heavy (non-hydrogen) atoms. The summed E-state index contributed by atoms with van der Waals surface area (Å²) >= 11 is 1.49. The van der Waals surface area contributed by atoms with Crippen molar-refractivity contribution in [3.8, 4) is 16.9 Å². The van der Waals surface area contributed by atoms with Crippen LogP contribution in [0, 0.1) is 5.82 Å². The third kappa shape index (κ3) is 5.45. The van der Waals surface area contributed by atoms with Gasteiger partial charge >= 0.3 is 6.03 Å². The monoisotopic (exact) mass is 551 g/mol. The Hall–Kier alpha value is -3.24. The highest BCUT2D eigenvalue weighted by atomic mass is 32.1. The summed E-state index contributed by atoms with van der Waals surface area (Å²) in [6, 6.07) is 10.8. The maximum Gasteiger partial charge on any atom is 0.322 e. The third-order valence-electron chi connectivity index (χ3n) is 7.97. The average molecular weight is 552 g/mol. The molecule has 3 aliphatic heterocycles. The van der Waals surface area contributed by atoms with E-state index in [1.54, 1.807) is 11.0 Å². The average Bonchev–Trinajstić information content (AvgIpc) is 3.46. The molecule has 1 aromatic heterocycles. The molecule has 0 aliphatic carbocycles. The molecule has 2 aromatic carbocycles. The highest BCUT2D eigenvalue weighted by Gasteiger charge is 2.40. The molecule has 6 rings (SSSR count). The minimum atomic E-state index is -0.454. The van der Waals surface area contributed by atoms with Gasteiger partial charge in [0.1, 0.15) is 23.0 Å². The van der Waals surface area contributed by atoms with E-state index in [1.807, 2.05) is 18.2 Å². The van der Waals surface area contributed by atoms with E-state index in [-0.39, 0.29) is 17.3 Å². The van der Waals surface area contributed by atoms with Gasteiger partial charge in [-0.2, -0.15) is 4.37 Å². The van der Waals surface area contributed by atoms with E-state index in [9.17, 15) is 9.18 Å². The predicted octanol–water partition coefficient (Wildman–Crippen LogP) is 5.70. The van der Waals surface area contributed by atoms with Crippen LogP contribution in [0.2, 0.25) is 0 Å². The lowest BCUT2D eigenvalue weighted by atomic mass is 9.82. The molecule has 0 bridgehead atoms. The van der Waals surface area contributed by atoms with E-state index in [0.29, 0.717) is 32.2 Å². The number of hydrogen-bond acceptors (Lipinski definition) is 7. The number of benzene rings is 2. The molecule has 0 saturated carbocycles. The zero-order valence-corrected chi connectivity index (χ0v) is 23.2. The Morgan fingerprint density at radius 2 is 1.79 bits per heavy atom. The number of carbonyl (C=O) groups is 1. The molecular weight excluding hydrogens is 517 g/mol. The second-order valence-corrected chi connectivity index (χ2v) is 11.6. The molecule has 3 aliphatic rings. The zero-order chi connectivity index (χ0) is 27.0. The number of halogens is 1. The van der Waals surface area contributed by atoms with E-state index in [0.717, 1.165) is 72.2 Å². The van der Waals surface area contributed by atoms with Crippen molar-refractivity contribution in [2.45, 2.75) is 51.0 Å². The van der Waals surface area contributed by atoms with Crippen molar-refractivity contribution < 1.29 is 18.7 Å². The Kier molecular flexibility index (Phi) is 7.16. The van der Waals surface area contributed by atoms with Crippen LogP contribution in [0.15, 0.2) is 36.4 Å². The van der Waals surface area contributed by atoms with Gasteiger partial charge in [0.15, 0.2) is 0 Å². The summed E-state index contributed by atoms with van der Waals surface area (Å²) in [5, 5.41) is 3.69. The summed E-state index contributed by atoms with van der Waals surface area (Å²) in [5.41, 5.74) is 2.88. The van der Waals surface area contributed by atoms with Crippen LogP contribution < -0.4 is 15.0 Å². The minimum Gasteiger partial charge on any atom is -0.487 e. The van der Waals surface area contributed by atoms with Crippen LogP contribution in [0.4, 0.5) is 20.0 Å². The van der Waals surface area contributed by atoms with Crippen molar-refractivity contribution in [3.05, 3.63) is 53.6 Å². The van der Waals surface area contributed by atoms with Gasteiger partial charge in [-0.3, -0.25) is 0 Å². The summed E-state index contributed by atoms with van der Waals surface area (Å²) in [7, 11) is 0. The number of aromatic nitrogens is 2. The van der Waals surface area contributed by atoms with Gasteiger partial charge in [-0.05, 0) is 53.8 Å². The molecule has 4 heterocycles. The number of ether oxygens (including phenoxy) is 2. The quantitative estimate of drug-likeness (QED) is 0.448. The first-order chi connectivity index (χ1) is 18.9. The van der Waals surface area contributed by atoms with Gasteiger partial charge in [0.2, 0.25) is 5.13 Å². The fraction of sp³-hybridized carbons (Fsp3) is 0.483. The fourth-order valence-corrected chi connectivity index (χ4v) is 6.36. The largest absolute Gasteiger partial charge is 0.487 e. The molecule has 1 N–H and O–H groups in total. The van der Waals surface area contributed by atoms with Crippen molar-refractivity contribution in [2.24, 2.45) is 0 Å². The molecule has 2 fully saturated rings. The smallest absolute Gasteiger partial charge is 0.322 e. The highest BCUT2D eigenvalue weighted by molar-refractivity contribution is 7.09. The highest BCUT2D eigenvalue weighted by Crippen LogP contribution is 2.42. The number of rotatable bonds is 4. The van der Waals surface area contributed by atoms with Crippen molar-refractivity contribution in [1.29, 1.82) is 0 Å². The van der Waals surface area contributed by atoms with E-state index in [1.165, 1.54) is 17.6 Å². The van der Waals surface area contributed by atoms with Crippen molar-refractivity contribution in [2.75, 3.05) is 49.6 Å². The molecule has 0 radical (unpaired) electrons. The number of fused-ring (bicyclic) bond motifs is 1. The molecular formula is C29H34FN5O3S. The number of carbonyl (C=O) groups excluding carboxylic acids is 1. The molecule has 1 spiro atoms. The van der Waals surface area contributed by atoms with E-state index < -0.39 is 5.82 Å². The Labute approximate surface area is 232 Å². The number of anilines is 2. The number of morpholine rings is 1. The topological polar surface area (TPSA) is 79.8 Å². The predicted molar refractivity (Wildman–Crippen MR) is 150 cm³/mol. The molecule has 0 unspecified atom stereocenters. The molecule has 2 saturated heterocycles. The van der Waals surface area contributed by atoms with Crippen molar-refractivity contribution in [3.63, 3.8) is 0 Å². The molecule has 8 nitrogen and oxygen atoms in total. The van der Waals surface area contributed by atoms with Gasteiger partial charge in [-0.15, -0.1) is 0 Å². The lowest BCUT2D eigenvalue weighted by molar-refractivity contribution is 0.0226. The standard InChI is InChI=1S/C29H34FN5O3S/c1-19(2)26-32-28(39-33-26)35-11-9-29(10-12-35)8-7-22-17-20(4-6-25(22)38-29)21-3-5-24(23(30)18-21)31-27(36)34-13-15-37-16-14-34/h3-6,17-19H,7-16H2,1-2H3,(H,31,36). The van der Waals surface area contributed by atoms with Gasteiger partial charge in [0.25, 0.3) is 0 Å². The lowest BCUT2D eigenvalue weighted by Crippen LogP contribution is -2.49. The fourth-order valence-electron chi connectivity index (χ4n) is 5.50. The zero-order valence-electron chi connectivity index (χ0n) is 22.4. The molecule has 0 atom stereocenters. The number of hydrogen-bond donors (Lipinski definition) is 1. The van der Waals surface area contributed by atoms with Crippen LogP contribution in [-0.2, 0) is 11.2 Å². The number of piperidine rings is 1. The van der Waals surface area contributed by atoms with Crippen LogP contribution in [0.5, 0.6) is 5.75 Å². The van der Waals surface area contributed by atoms with Crippen LogP contribution in [0.25, 0.3) is 11.1 Å². The maximum atomic E-state index is 14.9. The van der Waals surface area contributed by atoms with Crippen LogP contribution >= 0.6 is 11.5 Å². The van der Waals surface area contributed by atoms with Gasteiger partial charge < -0.3 is 24.6 Å². The van der Waals surface area contributed by atoms with E-state index in [4.69, 9.17) is 14.5 Å². The first-order valence-corrected chi connectivity index (χ1v) is 14.5. The first-order valence-electron chi connectivity index (χ1n) is 13.7. The Morgan fingerprint density at radius 1 is 1.05 bits per heavy atom. The van der Waals surface area contributed by atoms with Gasteiger partial charge in [-0.25, -0.2) is 14.2 Å². The number of nitrogens with one attached hydrogen (secondary N) is 1. The van der Waals surface area contributed by atoms with Crippen LogP contribution in [0.1, 0.15) is 50.4 Å². The maximum absolute atomic E-state index is 14.9. The van der Waals surface area contributed by atoms with Gasteiger partial charge in [0.05, 0.1) is 18.9 Å². The minimum absolute atomic E-state index is 0.150. The summed E-state index contributed by atoms with van der Waals surface area (Å²) < 4.78 is 31.4. The van der Waals surface area contributed by atoms with Crippen molar-refractivity contribution in [1.82, 2.24) is 14.3 Å². The molecule has 10 heteroatoms. The number of aryl methyl sites for hydroxylation is 1. The normalized spacial score (nSPS) is 18.7. The SMILES string of the molecule is CC(C)c1nsc(N2CCC3(CCc4cc(-c5ccc(NC(=O)N6CCOCC6)c(F)c5)ccc4O3)CC2)n1. The number of nitrogens with zero attached hydrogens (tertiary/aromatic N) is 4. The van der Waals surface area contributed by atoms with Crippen molar-refractivity contribution >= 4 is 28.4 Å². The second kappa shape index (κ2) is 10.7. The molecule has 2 amide bonds. The van der Waals surface area contributed by atoms with Gasteiger partial charge in [-0.1, -0.05) is 26.0 Å². The number of urea groups is 1. The van der Waals surface area contributed by atoms with E-state index in [2.05, 4.69) is 34.5 Å². The lowest BCUT2D eigenvalue weighted by Gasteiger charge is -2.44. The first kappa shape index (κ1) is 26.0. The Bertz CT molecular complexity index is 1350. The summed E-state index contributed by atoms with van der Waals surface area (Å²) in [4.78, 5) is 21.1. The van der Waals surface area contributed by atoms with Gasteiger partial charge in [0, 0.05) is 56.5 Å². The summed E-state index contributed by atoms with van der Waals surface area (Å²) in [6.07, 6.45) is 3.79. The summed E-state index contributed by atoms with van der Waals surface area (Å²) in [6.45, 7) is 8.07. The Balaban J connectivity index is 1.10. The van der Waals surface area contributed by atoms with E-state index >= 15 is 0 Å². The molecule has 206 valence electrons. The number of amides is 2. The second-order valence-electron chi connectivity index (χ2n) is 10.9. The third-order valence-corrected chi connectivity index (χ3v) is 8.76. The van der Waals surface area contributed by atoms with Crippen LogP contribution in [0.3, 0.4) is 0 Å².